The Morgan fingerprint density at radius 2 is 1.96 bits per heavy atom. The maximum absolute atomic E-state index is 4.15. The summed E-state index contributed by atoms with van der Waals surface area (Å²) in [6, 6.07) is 17.4. The molecule has 0 N–H and O–H groups in total. The van der Waals surface area contributed by atoms with Crippen LogP contribution < -0.4 is 0 Å². The van der Waals surface area contributed by atoms with Crippen LogP contribution in [0.15, 0.2) is 71.0 Å². The molecule has 26 heavy (non-hydrogen) atoms. The van der Waals surface area contributed by atoms with E-state index in [9.17, 15) is 0 Å². The predicted molar refractivity (Wildman–Crippen MR) is 118 cm³/mol. The molecule has 1 unspecified atom stereocenters. The van der Waals surface area contributed by atoms with Gasteiger partial charge in [0.05, 0.1) is 5.41 Å². The minimum atomic E-state index is -0.126. The van der Waals surface area contributed by atoms with Gasteiger partial charge in [0.1, 0.15) is 7.05 Å². The number of benzene rings is 2. The number of fused-ring (bicyclic) bond motifs is 3. The van der Waals surface area contributed by atoms with Crippen molar-refractivity contribution >= 4 is 55.5 Å². The number of allylic oxidation sites excluding steroid dienone is 2. The number of thiophene rings is 1. The molecule has 1 aliphatic heterocycles. The molecule has 0 bridgehead atoms. The minimum absolute atomic E-state index is 0.126. The lowest BCUT2D eigenvalue weighted by Crippen LogP contribution is -2.30. The molecule has 1 aliphatic rings. The fourth-order valence-corrected chi connectivity index (χ4v) is 5.33. The van der Waals surface area contributed by atoms with E-state index in [4.69, 9.17) is 0 Å². The molecule has 1 aromatic heterocycles. The van der Waals surface area contributed by atoms with E-state index >= 15 is 0 Å². The van der Waals surface area contributed by atoms with Crippen molar-refractivity contribution in [1.82, 2.24) is 0 Å². The first-order valence-corrected chi connectivity index (χ1v) is 10.4. The van der Waals surface area contributed by atoms with Crippen LogP contribution in [0.2, 0.25) is 0 Å². The Morgan fingerprint density at radius 1 is 1.15 bits per heavy atom. The Bertz CT molecular complexity index is 1060. The van der Waals surface area contributed by atoms with E-state index in [1.54, 1.807) is 11.3 Å². The molecule has 0 radical (unpaired) electrons. The Labute approximate surface area is 167 Å². The molecule has 0 fully saturated rings. The predicted octanol–water partition coefficient (Wildman–Crippen LogP) is 6.90. The van der Waals surface area contributed by atoms with Crippen LogP contribution in [0.3, 0.4) is 0 Å². The summed E-state index contributed by atoms with van der Waals surface area (Å²) in [7, 11) is 2.17. The van der Waals surface area contributed by atoms with Gasteiger partial charge in [-0.3, -0.25) is 0 Å². The lowest BCUT2D eigenvalue weighted by atomic mass is 9.74. The van der Waals surface area contributed by atoms with Gasteiger partial charge in [-0.2, -0.15) is 4.58 Å². The number of rotatable bonds is 4. The molecular formula is C23H21BrNS+. The van der Waals surface area contributed by atoms with Crippen molar-refractivity contribution in [2.45, 2.75) is 18.8 Å². The van der Waals surface area contributed by atoms with Crippen molar-refractivity contribution in [3.8, 4) is 0 Å². The summed E-state index contributed by atoms with van der Waals surface area (Å²) >= 11 is 5.39. The van der Waals surface area contributed by atoms with E-state index in [1.165, 1.54) is 32.6 Å². The van der Waals surface area contributed by atoms with Gasteiger partial charge in [0.15, 0.2) is 5.71 Å². The van der Waals surface area contributed by atoms with E-state index in [0.717, 1.165) is 10.9 Å². The summed E-state index contributed by atoms with van der Waals surface area (Å²) in [5.41, 5.74) is 3.85. The Balaban J connectivity index is 1.94. The van der Waals surface area contributed by atoms with Crippen LogP contribution in [0, 0.1) is 0 Å². The van der Waals surface area contributed by atoms with Crippen molar-refractivity contribution in [3.63, 3.8) is 0 Å². The molecule has 3 aromatic rings. The van der Waals surface area contributed by atoms with E-state index in [-0.39, 0.29) is 5.41 Å². The normalized spacial score (nSPS) is 19.5. The van der Waals surface area contributed by atoms with Gasteiger partial charge in [-0.05, 0) is 52.2 Å². The maximum Gasteiger partial charge on any atom is 0.210 e. The van der Waals surface area contributed by atoms with E-state index in [0.29, 0.717) is 0 Å². The van der Waals surface area contributed by atoms with E-state index < -0.39 is 0 Å². The summed E-state index contributed by atoms with van der Waals surface area (Å²) in [6.07, 6.45) is 5.36. The highest BCUT2D eigenvalue weighted by atomic mass is 79.9. The topological polar surface area (TPSA) is 3.01 Å². The molecule has 1 nitrogen and oxygen atoms in total. The maximum atomic E-state index is 4.15. The van der Waals surface area contributed by atoms with Crippen LogP contribution in [0.25, 0.3) is 16.8 Å². The molecule has 2 heterocycles. The van der Waals surface area contributed by atoms with Gasteiger partial charge in [-0.25, -0.2) is 0 Å². The second-order valence-corrected chi connectivity index (χ2v) is 9.10. The molecule has 0 saturated carbocycles. The van der Waals surface area contributed by atoms with Crippen LogP contribution in [-0.2, 0) is 5.41 Å². The molecule has 2 aromatic carbocycles. The Morgan fingerprint density at radius 3 is 2.69 bits per heavy atom. The Hall–Kier alpha value is -1.97. The van der Waals surface area contributed by atoms with Gasteiger partial charge in [-0.1, -0.05) is 52.8 Å². The van der Waals surface area contributed by atoms with Gasteiger partial charge in [0, 0.05) is 22.6 Å². The minimum Gasteiger partial charge on any atom is -0.198 e. The van der Waals surface area contributed by atoms with E-state index in [2.05, 4.69) is 107 Å². The standard InChI is InChI=1S/C23H21BrNS/c1-16(24)15-23(2)21(13-11-18-8-6-14-26-18)25(3)20-12-10-17-7-4-5-9-19(17)22(20)23/h4-14H,1,15H2,2-3H3/q+1/b13-11+. The van der Waals surface area contributed by atoms with Gasteiger partial charge in [-0.15, -0.1) is 11.3 Å². The van der Waals surface area contributed by atoms with Crippen LogP contribution in [-0.4, -0.2) is 17.3 Å². The number of hydrogen-bond acceptors (Lipinski definition) is 1. The van der Waals surface area contributed by atoms with Crippen molar-refractivity contribution < 1.29 is 4.58 Å². The largest absolute Gasteiger partial charge is 0.210 e. The smallest absolute Gasteiger partial charge is 0.198 e. The van der Waals surface area contributed by atoms with Crippen LogP contribution in [0.1, 0.15) is 23.8 Å². The zero-order valence-electron chi connectivity index (χ0n) is 15.0. The fourth-order valence-electron chi connectivity index (χ4n) is 4.15. The molecule has 4 rings (SSSR count). The lowest BCUT2D eigenvalue weighted by Gasteiger charge is -2.23. The molecule has 3 heteroatoms. The average Bonchev–Trinajstić information content (AvgIpc) is 3.19. The second-order valence-electron chi connectivity index (χ2n) is 7.00. The lowest BCUT2D eigenvalue weighted by molar-refractivity contribution is -0.401. The molecule has 130 valence electrons. The zero-order chi connectivity index (χ0) is 18.3. The third kappa shape index (κ3) is 2.80. The first-order chi connectivity index (χ1) is 12.5. The van der Waals surface area contributed by atoms with Gasteiger partial charge < -0.3 is 0 Å². The molecular weight excluding hydrogens is 402 g/mol. The molecule has 1 atom stereocenters. The van der Waals surface area contributed by atoms with Crippen LogP contribution in [0.4, 0.5) is 5.69 Å². The van der Waals surface area contributed by atoms with Crippen molar-refractivity contribution in [1.29, 1.82) is 0 Å². The van der Waals surface area contributed by atoms with Crippen molar-refractivity contribution in [2.75, 3.05) is 7.05 Å². The fraction of sp³-hybridized carbons (Fsp3) is 0.174. The number of nitrogens with zero attached hydrogens (tertiary/aromatic N) is 1. The summed E-state index contributed by atoms with van der Waals surface area (Å²) in [6.45, 7) is 6.48. The summed E-state index contributed by atoms with van der Waals surface area (Å²) in [4.78, 5) is 1.27. The molecule has 0 spiro atoms. The highest BCUT2D eigenvalue weighted by molar-refractivity contribution is 9.11. The van der Waals surface area contributed by atoms with Gasteiger partial charge >= 0.3 is 0 Å². The monoisotopic (exact) mass is 422 g/mol. The number of halogens is 1. The van der Waals surface area contributed by atoms with Crippen molar-refractivity contribution in [2.24, 2.45) is 0 Å². The van der Waals surface area contributed by atoms with Crippen molar-refractivity contribution in [3.05, 3.63) is 81.5 Å². The van der Waals surface area contributed by atoms with Crippen LogP contribution in [0.5, 0.6) is 0 Å². The first-order valence-electron chi connectivity index (χ1n) is 8.69. The van der Waals surface area contributed by atoms with E-state index in [1.807, 2.05) is 0 Å². The SMILES string of the molecule is C=C(Br)CC1(C)C(/C=C/c2cccs2)=[N+](C)c2ccc3ccccc3c21. The van der Waals surface area contributed by atoms with Gasteiger partial charge in [0.25, 0.3) is 0 Å². The first kappa shape index (κ1) is 17.4. The van der Waals surface area contributed by atoms with Crippen LogP contribution >= 0.6 is 27.3 Å². The third-order valence-corrected chi connectivity index (χ3v) is 6.36. The Kier molecular flexibility index (Phi) is 4.45. The average molecular weight is 423 g/mol. The highest BCUT2D eigenvalue weighted by Gasteiger charge is 2.47. The summed E-state index contributed by atoms with van der Waals surface area (Å²) < 4.78 is 3.36. The molecule has 0 saturated heterocycles. The highest BCUT2D eigenvalue weighted by Crippen LogP contribution is 2.47. The number of hydrogen-bond donors (Lipinski definition) is 0. The van der Waals surface area contributed by atoms with Gasteiger partial charge in [0.2, 0.25) is 5.69 Å². The quantitative estimate of drug-likeness (QED) is 0.402. The zero-order valence-corrected chi connectivity index (χ0v) is 17.4. The third-order valence-electron chi connectivity index (χ3n) is 5.24. The summed E-state index contributed by atoms with van der Waals surface area (Å²) in [5.74, 6) is 0. The summed E-state index contributed by atoms with van der Waals surface area (Å²) in [5, 5.41) is 4.73. The molecule has 0 aliphatic carbocycles. The second kappa shape index (κ2) is 6.64. The molecule has 0 amide bonds.